The van der Waals surface area contributed by atoms with Crippen molar-refractivity contribution in [3.05, 3.63) is 17.8 Å². The standard InChI is InChI=1S/C19H31N3OS/c1-6-22(5)19(24)21-17-11-12-18(20-14(17)4)23-16-9-7-15(8-10-16)13(2)3/h11-13,15-16H,6-10H2,1-5H3,(H,21,24). The monoisotopic (exact) mass is 349 g/mol. The smallest absolute Gasteiger partial charge is 0.213 e. The zero-order chi connectivity index (χ0) is 17.7. The molecular formula is C19H31N3OS. The minimum atomic E-state index is 0.304. The first-order valence-corrected chi connectivity index (χ1v) is 9.48. The van der Waals surface area contributed by atoms with Crippen LogP contribution in [0.15, 0.2) is 12.1 Å². The Morgan fingerprint density at radius 1 is 1.33 bits per heavy atom. The highest BCUT2D eigenvalue weighted by molar-refractivity contribution is 7.80. The average molecular weight is 350 g/mol. The third-order valence-corrected chi connectivity index (χ3v) is 5.49. The van der Waals surface area contributed by atoms with Crippen molar-refractivity contribution in [2.75, 3.05) is 18.9 Å². The van der Waals surface area contributed by atoms with Crippen molar-refractivity contribution in [2.45, 2.75) is 59.5 Å². The summed E-state index contributed by atoms with van der Waals surface area (Å²) in [6, 6.07) is 3.95. The molecule has 0 unspecified atom stereocenters. The molecule has 0 aromatic carbocycles. The molecule has 0 atom stereocenters. The van der Waals surface area contributed by atoms with Gasteiger partial charge in [0, 0.05) is 19.7 Å². The van der Waals surface area contributed by atoms with Crippen molar-refractivity contribution in [3.8, 4) is 5.88 Å². The molecule has 0 bridgehead atoms. The van der Waals surface area contributed by atoms with Crippen LogP contribution in [0.25, 0.3) is 0 Å². The fraction of sp³-hybridized carbons (Fsp3) is 0.684. The number of hydrogen-bond donors (Lipinski definition) is 1. The zero-order valence-electron chi connectivity index (χ0n) is 15.6. The van der Waals surface area contributed by atoms with E-state index in [1.807, 2.05) is 31.0 Å². The molecular weight excluding hydrogens is 318 g/mol. The number of nitrogens with one attached hydrogen (secondary N) is 1. The molecule has 1 aliphatic rings. The largest absolute Gasteiger partial charge is 0.474 e. The molecule has 0 aliphatic heterocycles. The number of aromatic nitrogens is 1. The fourth-order valence-electron chi connectivity index (χ4n) is 3.13. The number of rotatable bonds is 5. The van der Waals surface area contributed by atoms with Gasteiger partial charge in [0.1, 0.15) is 6.10 Å². The number of hydrogen-bond acceptors (Lipinski definition) is 3. The number of anilines is 1. The molecule has 1 aromatic heterocycles. The maximum atomic E-state index is 6.11. The van der Waals surface area contributed by atoms with Crippen molar-refractivity contribution >= 4 is 23.0 Å². The highest BCUT2D eigenvalue weighted by Gasteiger charge is 2.24. The number of ether oxygens (including phenoxy) is 1. The van der Waals surface area contributed by atoms with Crippen LogP contribution in [0.5, 0.6) is 5.88 Å². The van der Waals surface area contributed by atoms with Crippen molar-refractivity contribution < 1.29 is 4.74 Å². The Labute approximate surface area is 152 Å². The van der Waals surface area contributed by atoms with E-state index in [4.69, 9.17) is 17.0 Å². The van der Waals surface area contributed by atoms with Crippen molar-refractivity contribution in [1.29, 1.82) is 0 Å². The van der Waals surface area contributed by atoms with Crippen LogP contribution in [0.4, 0.5) is 5.69 Å². The van der Waals surface area contributed by atoms with Gasteiger partial charge in [-0.1, -0.05) is 13.8 Å². The van der Waals surface area contributed by atoms with E-state index in [-0.39, 0.29) is 0 Å². The molecule has 4 nitrogen and oxygen atoms in total. The number of thiocarbonyl (C=S) groups is 1. The second kappa shape index (κ2) is 8.65. The molecule has 0 radical (unpaired) electrons. The van der Waals surface area contributed by atoms with Crippen molar-refractivity contribution in [2.24, 2.45) is 11.8 Å². The molecule has 1 aromatic rings. The summed E-state index contributed by atoms with van der Waals surface area (Å²) in [6.45, 7) is 9.58. The maximum absolute atomic E-state index is 6.11. The summed E-state index contributed by atoms with van der Waals surface area (Å²) in [7, 11) is 1.98. The van der Waals surface area contributed by atoms with Gasteiger partial charge in [-0.25, -0.2) is 4.98 Å². The predicted molar refractivity (Wildman–Crippen MR) is 105 cm³/mol. The Morgan fingerprint density at radius 2 is 2.00 bits per heavy atom. The number of aryl methyl sites for hydroxylation is 1. The Kier molecular flexibility index (Phi) is 6.84. The van der Waals surface area contributed by atoms with Gasteiger partial charge in [0.05, 0.1) is 11.4 Å². The van der Waals surface area contributed by atoms with Crippen LogP contribution in [0, 0.1) is 18.8 Å². The van der Waals surface area contributed by atoms with E-state index in [1.54, 1.807) is 0 Å². The van der Waals surface area contributed by atoms with Crippen LogP contribution in [0.1, 0.15) is 52.1 Å². The highest BCUT2D eigenvalue weighted by atomic mass is 32.1. The van der Waals surface area contributed by atoms with Crippen LogP contribution in [0.2, 0.25) is 0 Å². The van der Waals surface area contributed by atoms with Crippen molar-refractivity contribution in [3.63, 3.8) is 0 Å². The van der Waals surface area contributed by atoms with Gasteiger partial charge < -0.3 is 15.0 Å². The van der Waals surface area contributed by atoms with E-state index in [0.29, 0.717) is 11.2 Å². The summed E-state index contributed by atoms with van der Waals surface area (Å²) < 4.78 is 6.11. The molecule has 0 amide bonds. The first-order valence-electron chi connectivity index (χ1n) is 9.07. The fourth-order valence-corrected chi connectivity index (χ4v) is 3.37. The average Bonchev–Trinajstić information content (AvgIpc) is 2.57. The molecule has 0 spiro atoms. The normalized spacial score (nSPS) is 20.8. The lowest BCUT2D eigenvalue weighted by atomic mass is 9.80. The van der Waals surface area contributed by atoms with E-state index < -0.39 is 0 Å². The molecule has 0 saturated heterocycles. The predicted octanol–water partition coefficient (Wildman–Crippen LogP) is 4.63. The third kappa shape index (κ3) is 5.07. The molecule has 1 N–H and O–H groups in total. The summed E-state index contributed by atoms with van der Waals surface area (Å²) in [5, 5.41) is 3.96. The van der Waals surface area contributed by atoms with Gasteiger partial charge in [-0.15, -0.1) is 0 Å². The van der Waals surface area contributed by atoms with E-state index in [0.717, 1.165) is 48.5 Å². The quantitative estimate of drug-likeness (QED) is 0.784. The lowest BCUT2D eigenvalue weighted by Crippen LogP contribution is -2.31. The number of pyridine rings is 1. The second-order valence-electron chi connectivity index (χ2n) is 7.13. The van der Waals surface area contributed by atoms with E-state index in [9.17, 15) is 0 Å². The molecule has 5 heteroatoms. The molecule has 1 fully saturated rings. The SMILES string of the molecule is CCN(C)C(=S)Nc1ccc(OC2CCC(C(C)C)CC2)nc1C. The Hall–Kier alpha value is -1.36. The Bertz CT molecular complexity index is 554. The lowest BCUT2D eigenvalue weighted by Gasteiger charge is -2.30. The zero-order valence-corrected chi connectivity index (χ0v) is 16.4. The van der Waals surface area contributed by atoms with E-state index in [2.05, 4.69) is 31.1 Å². The third-order valence-electron chi connectivity index (χ3n) is 5.07. The van der Waals surface area contributed by atoms with Gasteiger partial charge in [-0.2, -0.15) is 0 Å². The second-order valence-corrected chi connectivity index (χ2v) is 7.51. The summed E-state index contributed by atoms with van der Waals surface area (Å²) in [5.74, 6) is 2.35. The van der Waals surface area contributed by atoms with Gasteiger partial charge in [-0.05, 0) is 69.7 Å². The molecule has 2 rings (SSSR count). The minimum Gasteiger partial charge on any atom is -0.474 e. The molecule has 134 valence electrons. The first kappa shape index (κ1) is 19.0. The summed E-state index contributed by atoms with van der Waals surface area (Å²) in [4.78, 5) is 6.59. The van der Waals surface area contributed by atoms with Gasteiger partial charge in [0.25, 0.3) is 0 Å². The van der Waals surface area contributed by atoms with Crippen LogP contribution >= 0.6 is 12.2 Å². The van der Waals surface area contributed by atoms with Crippen LogP contribution in [-0.4, -0.2) is 34.7 Å². The van der Waals surface area contributed by atoms with Crippen molar-refractivity contribution in [1.82, 2.24) is 9.88 Å². The Balaban J connectivity index is 1.92. The molecule has 1 aliphatic carbocycles. The minimum absolute atomic E-state index is 0.304. The van der Waals surface area contributed by atoms with E-state index in [1.165, 1.54) is 12.8 Å². The maximum Gasteiger partial charge on any atom is 0.213 e. The molecule has 24 heavy (non-hydrogen) atoms. The molecule has 1 heterocycles. The van der Waals surface area contributed by atoms with E-state index >= 15 is 0 Å². The number of nitrogens with zero attached hydrogens (tertiary/aromatic N) is 2. The summed E-state index contributed by atoms with van der Waals surface area (Å²) >= 11 is 5.37. The first-order chi connectivity index (χ1) is 11.4. The topological polar surface area (TPSA) is 37.4 Å². The molecule has 1 saturated carbocycles. The highest BCUT2D eigenvalue weighted by Crippen LogP contribution is 2.32. The van der Waals surface area contributed by atoms with Crippen LogP contribution in [0.3, 0.4) is 0 Å². The Morgan fingerprint density at radius 3 is 2.54 bits per heavy atom. The van der Waals surface area contributed by atoms with Gasteiger partial charge >= 0.3 is 0 Å². The van der Waals surface area contributed by atoms with Crippen LogP contribution in [-0.2, 0) is 0 Å². The lowest BCUT2D eigenvalue weighted by molar-refractivity contribution is 0.112. The summed E-state index contributed by atoms with van der Waals surface area (Å²) in [5.41, 5.74) is 1.85. The van der Waals surface area contributed by atoms with Gasteiger partial charge in [0.2, 0.25) is 5.88 Å². The van der Waals surface area contributed by atoms with Crippen LogP contribution < -0.4 is 10.1 Å². The van der Waals surface area contributed by atoms with Gasteiger partial charge in [-0.3, -0.25) is 0 Å². The van der Waals surface area contributed by atoms with Gasteiger partial charge in [0.15, 0.2) is 5.11 Å². The summed E-state index contributed by atoms with van der Waals surface area (Å²) in [6.07, 6.45) is 5.10.